The summed E-state index contributed by atoms with van der Waals surface area (Å²) in [5.74, 6) is 0.615. The number of hydrogen-bond donors (Lipinski definition) is 0. The summed E-state index contributed by atoms with van der Waals surface area (Å²) in [5.41, 5.74) is 2.46. The predicted molar refractivity (Wildman–Crippen MR) is 59.3 cm³/mol. The lowest BCUT2D eigenvalue weighted by Crippen LogP contribution is -1.96. The van der Waals surface area contributed by atoms with Crippen LogP contribution in [0, 0.1) is 6.92 Å². The SMILES string of the molecule is [CH2]C(CC=O)c1cccc(C(C)C)c1. The first-order valence-electron chi connectivity index (χ1n) is 5.01. The van der Waals surface area contributed by atoms with Gasteiger partial charge < -0.3 is 4.79 Å². The summed E-state index contributed by atoms with van der Waals surface area (Å²) in [5, 5.41) is 0. The Balaban J connectivity index is 2.87. The van der Waals surface area contributed by atoms with Gasteiger partial charge in [0.05, 0.1) is 0 Å². The van der Waals surface area contributed by atoms with E-state index in [1.165, 1.54) is 5.56 Å². The van der Waals surface area contributed by atoms with E-state index in [1.54, 1.807) is 0 Å². The highest BCUT2D eigenvalue weighted by molar-refractivity contribution is 5.52. The molecule has 1 aromatic carbocycles. The van der Waals surface area contributed by atoms with E-state index in [1.807, 2.05) is 12.1 Å². The fraction of sp³-hybridized carbons (Fsp3) is 0.385. The second-order valence-corrected chi connectivity index (χ2v) is 3.92. The highest BCUT2D eigenvalue weighted by Gasteiger charge is 2.06. The highest BCUT2D eigenvalue weighted by Crippen LogP contribution is 2.22. The summed E-state index contributed by atoms with van der Waals surface area (Å²) in [6.07, 6.45) is 1.43. The molecule has 1 nitrogen and oxygen atoms in total. The van der Waals surface area contributed by atoms with E-state index in [4.69, 9.17) is 0 Å². The zero-order valence-corrected chi connectivity index (χ0v) is 8.86. The Morgan fingerprint density at radius 2 is 2.00 bits per heavy atom. The summed E-state index contributed by atoms with van der Waals surface area (Å²) < 4.78 is 0. The van der Waals surface area contributed by atoms with Crippen LogP contribution in [-0.4, -0.2) is 6.29 Å². The van der Waals surface area contributed by atoms with Crippen molar-refractivity contribution in [2.24, 2.45) is 0 Å². The lowest BCUT2D eigenvalue weighted by molar-refractivity contribution is -0.108. The summed E-state index contributed by atoms with van der Waals surface area (Å²) in [4.78, 5) is 10.4. The Morgan fingerprint density at radius 1 is 1.36 bits per heavy atom. The van der Waals surface area contributed by atoms with E-state index in [0.29, 0.717) is 12.3 Å². The molecule has 0 aliphatic rings. The van der Waals surface area contributed by atoms with E-state index in [9.17, 15) is 4.79 Å². The molecule has 75 valence electrons. The third-order valence-corrected chi connectivity index (χ3v) is 2.43. The van der Waals surface area contributed by atoms with Crippen molar-refractivity contribution < 1.29 is 4.79 Å². The van der Waals surface area contributed by atoms with Gasteiger partial charge in [0.2, 0.25) is 0 Å². The topological polar surface area (TPSA) is 17.1 Å². The fourth-order valence-corrected chi connectivity index (χ4v) is 1.42. The normalized spacial score (nSPS) is 12.9. The molecule has 14 heavy (non-hydrogen) atoms. The molecule has 0 fully saturated rings. The molecule has 0 amide bonds. The van der Waals surface area contributed by atoms with Gasteiger partial charge in [-0.25, -0.2) is 0 Å². The number of rotatable bonds is 4. The van der Waals surface area contributed by atoms with Crippen molar-refractivity contribution in [3.8, 4) is 0 Å². The molecule has 0 N–H and O–H groups in total. The molecular weight excluding hydrogens is 172 g/mol. The lowest BCUT2D eigenvalue weighted by Gasteiger charge is -2.11. The third kappa shape index (κ3) is 2.69. The van der Waals surface area contributed by atoms with Gasteiger partial charge in [0.25, 0.3) is 0 Å². The Morgan fingerprint density at radius 3 is 2.57 bits per heavy atom. The van der Waals surface area contributed by atoms with Gasteiger partial charge in [-0.3, -0.25) is 0 Å². The maximum atomic E-state index is 10.4. The standard InChI is InChI=1S/C13H17O/c1-10(2)12-5-4-6-13(9-12)11(3)7-8-14/h4-6,8-11H,3,7H2,1-2H3. The van der Waals surface area contributed by atoms with E-state index >= 15 is 0 Å². The van der Waals surface area contributed by atoms with Crippen LogP contribution in [0.4, 0.5) is 0 Å². The highest BCUT2D eigenvalue weighted by atomic mass is 16.1. The van der Waals surface area contributed by atoms with Gasteiger partial charge >= 0.3 is 0 Å². The average molecular weight is 189 g/mol. The molecule has 0 saturated carbocycles. The minimum Gasteiger partial charge on any atom is -0.303 e. The molecule has 0 spiro atoms. The maximum absolute atomic E-state index is 10.4. The maximum Gasteiger partial charge on any atom is 0.120 e. The number of benzene rings is 1. The van der Waals surface area contributed by atoms with Crippen molar-refractivity contribution >= 4 is 6.29 Å². The van der Waals surface area contributed by atoms with Gasteiger partial charge in [-0.15, -0.1) is 0 Å². The van der Waals surface area contributed by atoms with Crippen LogP contribution in [0.2, 0.25) is 0 Å². The van der Waals surface area contributed by atoms with Crippen LogP contribution in [0.1, 0.15) is 43.2 Å². The van der Waals surface area contributed by atoms with E-state index < -0.39 is 0 Å². The van der Waals surface area contributed by atoms with Gasteiger partial charge in [-0.1, -0.05) is 38.1 Å². The molecule has 1 rings (SSSR count). The second-order valence-electron chi connectivity index (χ2n) is 3.92. The summed E-state index contributed by atoms with van der Waals surface area (Å²) >= 11 is 0. The number of carbonyl (C=O) groups is 1. The molecule has 1 heteroatoms. The largest absolute Gasteiger partial charge is 0.303 e. The Hall–Kier alpha value is -1.11. The van der Waals surface area contributed by atoms with E-state index in [2.05, 4.69) is 32.9 Å². The quantitative estimate of drug-likeness (QED) is 0.664. The van der Waals surface area contributed by atoms with Crippen LogP contribution < -0.4 is 0 Å². The van der Waals surface area contributed by atoms with Crippen molar-refractivity contribution in [2.75, 3.05) is 0 Å². The van der Waals surface area contributed by atoms with Crippen LogP contribution in [-0.2, 0) is 4.79 Å². The zero-order valence-electron chi connectivity index (χ0n) is 8.86. The first-order chi connectivity index (χ1) is 6.65. The monoisotopic (exact) mass is 189 g/mol. The van der Waals surface area contributed by atoms with Crippen molar-refractivity contribution in [3.05, 3.63) is 42.3 Å². The molecule has 0 aromatic heterocycles. The van der Waals surface area contributed by atoms with Gasteiger partial charge in [0, 0.05) is 6.42 Å². The second kappa shape index (κ2) is 4.94. The molecule has 0 saturated heterocycles. The Bertz CT molecular complexity index is 302. The van der Waals surface area contributed by atoms with Crippen molar-refractivity contribution in [3.63, 3.8) is 0 Å². The summed E-state index contributed by atoms with van der Waals surface area (Å²) in [6.45, 7) is 8.29. The lowest BCUT2D eigenvalue weighted by atomic mass is 9.93. The number of hydrogen-bond acceptors (Lipinski definition) is 1. The van der Waals surface area contributed by atoms with Crippen molar-refractivity contribution in [2.45, 2.75) is 32.1 Å². The molecule has 0 heterocycles. The molecule has 1 unspecified atom stereocenters. The van der Waals surface area contributed by atoms with Gasteiger partial charge in [0.1, 0.15) is 6.29 Å². The van der Waals surface area contributed by atoms with Crippen molar-refractivity contribution in [1.82, 2.24) is 0 Å². The first-order valence-corrected chi connectivity index (χ1v) is 5.01. The van der Waals surface area contributed by atoms with E-state index in [-0.39, 0.29) is 5.92 Å². The molecule has 0 aliphatic carbocycles. The Kier molecular flexibility index (Phi) is 3.87. The third-order valence-electron chi connectivity index (χ3n) is 2.43. The van der Waals surface area contributed by atoms with Gasteiger partial charge in [-0.05, 0) is 29.9 Å². The fourth-order valence-electron chi connectivity index (χ4n) is 1.42. The molecule has 1 radical (unpaired) electrons. The Labute approximate surface area is 86.1 Å². The van der Waals surface area contributed by atoms with Crippen LogP contribution in [0.3, 0.4) is 0 Å². The summed E-state index contributed by atoms with van der Waals surface area (Å²) in [7, 11) is 0. The zero-order chi connectivity index (χ0) is 10.6. The molecule has 0 bridgehead atoms. The van der Waals surface area contributed by atoms with Crippen LogP contribution in [0.15, 0.2) is 24.3 Å². The molecule has 0 aliphatic heterocycles. The first kappa shape index (κ1) is 11.0. The smallest absolute Gasteiger partial charge is 0.120 e. The van der Waals surface area contributed by atoms with Gasteiger partial charge in [0.15, 0.2) is 0 Å². The van der Waals surface area contributed by atoms with Crippen molar-refractivity contribution in [1.29, 1.82) is 0 Å². The molecular formula is C13H17O. The minimum absolute atomic E-state index is 0.0891. The van der Waals surface area contributed by atoms with Gasteiger partial charge in [-0.2, -0.15) is 0 Å². The minimum atomic E-state index is 0.0891. The number of carbonyl (C=O) groups excluding carboxylic acids is 1. The van der Waals surface area contributed by atoms with Crippen LogP contribution >= 0.6 is 0 Å². The summed E-state index contributed by atoms with van der Waals surface area (Å²) in [6, 6.07) is 8.33. The predicted octanol–water partition coefficient (Wildman–Crippen LogP) is 3.32. The number of aldehydes is 1. The van der Waals surface area contributed by atoms with E-state index in [0.717, 1.165) is 11.8 Å². The average Bonchev–Trinajstić information content (AvgIpc) is 2.18. The molecule has 1 atom stereocenters. The van der Waals surface area contributed by atoms with Crippen LogP contribution in [0.25, 0.3) is 0 Å². The molecule has 1 aromatic rings. The van der Waals surface area contributed by atoms with Crippen LogP contribution in [0.5, 0.6) is 0 Å².